The van der Waals surface area contributed by atoms with Crippen molar-refractivity contribution >= 4 is 23.2 Å². The van der Waals surface area contributed by atoms with Crippen LogP contribution >= 0.6 is 11.3 Å². The Morgan fingerprint density at radius 1 is 1.33 bits per heavy atom. The SMILES string of the molecule is COCC(C)NC(=O)COC(=O)c1sc(-c2ncccn2)nc1C. The summed E-state index contributed by atoms with van der Waals surface area (Å²) in [4.78, 5) is 36.6. The van der Waals surface area contributed by atoms with E-state index in [4.69, 9.17) is 9.47 Å². The van der Waals surface area contributed by atoms with Gasteiger partial charge < -0.3 is 14.8 Å². The molecule has 0 fully saturated rings. The van der Waals surface area contributed by atoms with Gasteiger partial charge in [-0.3, -0.25) is 4.79 Å². The summed E-state index contributed by atoms with van der Waals surface area (Å²) >= 11 is 1.13. The fraction of sp³-hybridized carbons (Fsp3) is 0.400. The van der Waals surface area contributed by atoms with Crippen LogP contribution in [-0.4, -0.2) is 53.2 Å². The first-order valence-corrected chi connectivity index (χ1v) is 8.03. The second kappa shape index (κ2) is 8.46. The van der Waals surface area contributed by atoms with Crippen LogP contribution in [0, 0.1) is 6.92 Å². The number of aromatic nitrogens is 3. The molecule has 1 N–H and O–H groups in total. The highest BCUT2D eigenvalue weighted by atomic mass is 32.1. The van der Waals surface area contributed by atoms with Crippen LogP contribution in [0.3, 0.4) is 0 Å². The molecule has 1 unspecified atom stereocenters. The maximum atomic E-state index is 12.1. The molecule has 1 atom stereocenters. The molecule has 2 aromatic rings. The van der Waals surface area contributed by atoms with E-state index in [1.165, 1.54) is 0 Å². The van der Waals surface area contributed by atoms with Crippen LogP contribution < -0.4 is 5.32 Å². The van der Waals surface area contributed by atoms with Gasteiger partial charge in [0.2, 0.25) is 0 Å². The smallest absolute Gasteiger partial charge is 0.350 e. The first kappa shape index (κ1) is 18.0. The lowest BCUT2D eigenvalue weighted by molar-refractivity contribution is -0.125. The number of amides is 1. The Labute approximate surface area is 143 Å². The minimum Gasteiger partial charge on any atom is -0.451 e. The summed E-state index contributed by atoms with van der Waals surface area (Å²) in [6.07, 6.45) is 3.20. The molecule has 0 spiro atoms. The number of ether oxygens (including phenoxy) is 2. The number of carbonyl (C=O) groups excluding carboxylic acids is 2. The van der Waals surface area contributed by atoms with Crippen molar-refractivity contribution in [2.45, 2.75) is 19.9 Å². The molecule has 0 bridgehead atoms. The minimum atomic E-state index is -0.596. The molecule has 0 saturated heterocycles. The standard InChI is InChI=1S/C15H18N4O4S/c1-9(7-22-3)18-11(20)8-23-15(21)12-10(2)19-14(24-12)13-16-5-4-6-17-13/h4-6,9H,7-8H2,1-3H3,(H,18,20). The van der Waals surface area contributed by atoms with Crippen LogP contribution in [0.1, 0.15) is 22.3 Å². The summed E-state index contributed by atoms with van der Waals surface area (Å²) in [5, 5.41) is 3.19. The normalized spacial score (nSPS) is 11.8. The molecule has 2 rings (SSSR count). The number of hydrogen-bond acceptors (Lipinski definition) is 8. The lowest BCUT2D eigenvalue weighted by Gasteiger charge is -2.12. The largest absolute Gasteiger partial charge is 0.451 e. The number of aryl methyl sites for hydroxylation is 1. The Hall–Kier alpha value is -2.39. The monoisotopic (exact) mass is 350 g/mol. The third kappa shape index (κ3) is 4.80. The average Bonchev–Trinajstić information content (AvgIpc) is 2.95. The van der Waals surface area contributed by atoms with E-state index in [2.05, 4.69) is 20.3 Å². The molecule has 128 valence electrons. The number of thiazole rings is 1. The predicted octanol–water partition coefficient (Wildman–Crippen LogP) is 1.22. The van der Waals surface area contributed by atoms with Crippen LogP contribution in [0.2, 0.25) is 0 Å². The summed E-state index contributed by atoms with van der Waals surface area (Å²) < 4.78 is 9.96. The van der Waals surface area contributed by atoms with Gasteiger partial charge in [0, 0.05) is 25.5 Å². The summed E-state index contributed by atoms with van der Waals surface area (Å²) in [7, 11) is 1.54. The first-order valence-electron chi connectivity index (χ1n) is 7.21. The van der Waals surface area contributed by atoms with Crippen molar-refractivity contribution in [3.05, 3.63) is 29.0 Å². The van der Waals surface area contributed by atoms with Gasteiger partial charge in [-0.15, -0.1) is 11.3 Å². The molecule has 0 saturated carbocycles. The molecule has 2 heterocycles. The maximum absolute atomic E-state index is 12.1. The Kier molecular flexibility index (Phi) is 6.33. The zero-order valence-corrected chi connectivity index (χ0v) is 14.4. The third-order valence-corrected chi connectivity index (χ3v) is 4.03. The molecule has 0 aliphatic carbocycles. The Morgan fingerprint density at radius 2 is 2.04 bits per heavy atom. The summed E-state index contributed by atoms with van der Waals surface area (Å²) in [5.41, 5.74) is 0.514. The summed E-state index contributed by atoms with van der Waals surface area (Å²) in [5.74, 6) is -0.542. The highest BCUT2D eigenvalue weighted by Crippen LogP contribution is 2.25. The lowest BCUT2D eigenvalue weighted by Crippen LogP contribution is -2.38. The van der Waals surface area contributed by atoms with Crippen LogP contribution in [0.4, 0.5) is 0 Å². The lowest BCUT2D eigenvalue weighted by atomic mass is 10.3. The number of esters is 1. The van der Waals surface area contributed by atoms with E-state index in [1.807, 2.05) is 0 Å². The predicted molar refractivity (Wildman–Crippen MR) is 87.6 cm³/mol. The van der Waals surface area contributed by atoms with Crippen LogP contribution in [0.15, 0.2) is 18.5 Å². The fourth-order valence-corrected chi connectivity index (χ4v) is 2.80. The number of nitrogens with one attached hydrogen (secondary N) is 1. The number of nitrogens with zero attached hydrogens (tertiary/aromatic N) is 3. The van der Waals surface area contributed by atoms with E-state index in [0.717, 1.165) is 11.3 Å². The van der Waals surface area contributed by atoms with Crippen LogP contribution in [0.5, 0.6) is 0 Å². The van der Waals surface area contributed by atoms with E-state index >= 15 is 0 Å². The average molecular weight is 350 g/mol. The molecule has 0 aromatic carbocycles. The van der Waals surface area contributed by atoms with Gasteiger partial charge in [-0.1, -0.05) is 0 Å². The molecular weight excluding hydrogens is 332 g/mol. The van der Waals surface area contributed by atoms with E-state index in [9.17, 15) is 9.59 Å². The molecular formula is C15H18N4O4S. The number of hydrogen-bond donors (Lipinski definition) is 1. The second-order valence-corrected chi connectivity index (χ2v) is 6.01. The highest BCUT2D eigenvalue weighted by Gasteiger charge is 2.20. The van der Waals surface area contributed by atoms with E-state index in [0.29, 0.717) is 28.0 Å². The van der Waals surface area contributed by atoms with Gasteiger partial charge in [0.15, 0.2) is 17.4 Å². The van der Waals surface area contributed by atoms with Gasteiger partial charge in [0.25, 0.3) is 5.91 Å². The quantitative estimate of drug-likeness (QED) is 0.749. The van der Waals surface area contributed by atoms with Crippen molar-refractivity contribution < 1.29 is 19.1 Å². The van der Waals surface area contributed by atoms with Gasteiger partial charge in [-0.25, -0.2) is 19.7 Å². The van der Waals surface area contributed by atoms with Crippen LogP contribution in [0.25, 0.3) is 10.8 Å². The molecule has 2 aromatic heterocycles. The first-order chi connectivity index (χ1) is 11.5. The Balaban J connectivity index is 1.96. The molecule has 24 heavy (non-hydrogen) atoms. The van der Waals surface area contributed by atoms with E-state index in [1.54, 1.807) is 39.4 Å². The molecule has 1 amide bonds. The maximum Gasteiger partial charge on any atom is 0.350 e. The topological polar surface area (TPSA) is 103 Å². The van der Waals surface area contributed by atoms with Crippen molar-refractivity contribution in [1.29, 1.82) is 0 Å². The summed E-state index contributed by atoms with van der Waals surface area (Å²) in [6.45, 7) is 3.51. The molecule has 0 aliphatic rings. The second-order valence-electron chi connectivity index (χ2n) is 5.01. The van der Waals surface area contributed by atoms with Crippen molar-refractivity contribution in [1.82, 2.24) is 20.3 Å². The number of carbonyl (C=O) groups is 2. The zero-order chi connectivity index (χ0) is 17.5. The van der Waals surface area contributed by atoms with Gasteiger partial charge in [0.05, 0.1) is 12.3 Å². The number of methoxy groups -OCH3 is 1. The molecule has 8 nitrogen and oxygen atoms in total. The van der Waals surface area contributed by atoms with Gasteiger partial charge in [-0.2, -0.15) is 0 Å². The van der Waals surface area contributed by atoms with Crippen molar-refractivity contribution in [3.8, 4) is 10.8 Å². The van der Waals surface area contributed by atoms with E-state index in [-0.39, 0.29) is 18.6 Å². The van der Waals surface area contributed by atoms with E-state index < -0.39 is 5.97 Å². The van der Waals surface area contributed by atoms with Gasteiger partial charge in [-0.05, 0) is 19.9 Å². The van der Waals surface area contributed by atoms with Crippen molar-refractivity contribution in [2.75, 3.05) is 20.3 Å². The Morgan fingerprint density at radius 3 is 2.71 bits per heavy atom. The van der Waals surface area contributed by atoms with Crippen molar-refractivity contribution in [3.63, 3.8) is 0 Å². The zero-order valence-electron chi connectivity index (χ0n) is 13.6. The number of rotatable bonds is 7. The molecule has 0 radical (unpaired) electrons. The van der Waals surface area contributed by atoms with Gasteiger partial charge in [0.1, 0.15) is 4.88 Å². The highest BCUT2D eigenvalue weighted by molar-refractivity contribution is 7.16. The van der Waals surface area contributed by atoms with Crippen molar-refractivity contribution in [2.24, 2.45) is 0 Å². The van der Waals surface area contributed by atoms with Gasteiger partial charge >= 0.3 is 5.97 Å². The minimum absolute atomic E-state index is 0.159. The molecule has 0 aliphatic heterocycles. The van der Waals surface area contributed by atoms with Crippen LogP contribution in [-0.2, 0) is 14.3 Å². The molecule has 9 heteroatoms. The third-order valence-electron chi connectivity index (χ3n) is 2.90. The summed E-state index contributed by atoms with van der Waals surface area (Å²) in [6, 6.07) is 1.54. The fourth-order valence-electron chi connectivity index (χ4n) is 1.90. The Bertz CT molecular complexity index is 705.